The number of fused-ring (bicyclic) bond motifs is 2. The molecule has 0 spiro atoms. The number of hydrogen-bond donors (Lipinski definition) is 4. The van der Waals surface area contributed by atoms with Gasteiger partial charge in [0.05, 0.1) is 12.8 Å². The van der Waals surface area contributed by atoms with E-state index in [9.17, 15) is 39.6 Å². The SMILES string of the molecule is O=C(O)Cc1cc(-c2ccc3c(ccn3CC(=O)O)c2)sc1-c1ccc(-c2sc(-c3ccc4c(ccn4CC(=O)O)c3)cc2CC(=O)O)s1. The van der Waals surface area contributed by atoms with Crippen LogP contribution in [0, 0.1) is 0 Å². The van der Waals surface area contributed by atoms with Crippen LogP contribution in [0.3, 0.4) is 0 Å². The van der Waals surface area contributed by atoms with Gasteiger partial charge in [0, 0.05) is 63.5 Å². The maximum Gasteiger partial charge on any atom is 0.323 e. The Kier molecular flexibility index (Phi) is 8.40. The maximum atomic E-state index is 11.9. The summed E-state index contributed by atoms with van der Waals surface area (Å²) in [6.07, 6.45) is 3.13. The Morgan fingerprint density at radius 1 is 0.490 bits per heavy atom. The number of nitrogens with zero attached hydrogens (tertiary/aromatic N) is 2. The van der Waals surface area contributed by atoms with Crippen LogP contribution in [-0.4, -0.2) is 53.4 Å². The average Bonchev–Trinajstić information content (AvgIpc) is 3.87. The molecule has 246 valence electrons. The van der Waals surface area contributed by atoms with E-state index in [1.165, 1.54) is 34.0 Å². The van der Waals surface area contributed by atoms with E-state index in [4.69, 9.17) is 0 Å². The molecule has 0 aliphatic rings. The largest absolute Gasteiger partial charge is 0.481 e. The standard InChI is InChI=1S/C36H26N2O8S3/c39-31(40)15-23-13-29(21-1-3-25-19(11-21)7-9-37(25)17-33(43)44)48-35(23)27-5-6-28(47-27)36-24(16-32(41)42)14-30(49-36)22-2-4-26-20(12-22)8-10-38(26)18-34(45)46/h1-14H,15-18H2,(H,39,40)(H,41,42)(H,43,44)(H,45,46). The van der Waals surface area contributed by atoms with Crippen molar-refractivity contribution in [1.29, 1.82) is 0 Å². The molecule has 0 saturated heterocycles. The molecule has 2 aromatic carbocycles. The molecular weight excluding hydrogens is 685 g/mol. The minimum atomic E-state index is -0.953. The van der Waals surface area contributed by atoms with Crippen molar-refractivity contribution in [2.24, 2.45) is 0 Å². The Labute approximate surface area is 290 Å². The Morgan fingerprint density at radius 3 is 1.31 bits per heavy atom. The summed E-state index contributed by atoms with van der Waals surface area (Å²) in [6.45, 7) is -0.291. The van der Waals surface area contributed by atoms with Gasteiger partial charge in [0.25, 0.3) is 0 Å². The van der Waals surface area contributed by atoms with Crippen molar-refractivity contribution >= 4 is 79.7 Å². The zero-order valence-electron chi connectivity index (χ0n) is 25.5. The van der Waals surface area contributed by atoms with E-state index in [1.807, 2.05) is 72.8 Å². The predicted molar refractivity (Wildman–Crippen MR) is 191 cm³/mol. The first-order valence-electron chi connectivity index (χ1n) is 14.9. The summed E-state index contributed by atoms with van der Waals surface area (Å²) >= 11 is 4.44. The maximum absolute atomic E-state index is 11.9. The van der Waals surface area contributed by atoms with Gasteiger partial charge in [-0.25, -0.2) is 0 Å². The molecule has 0 fully saturated rings. The normalized spacial score (nSPS) is 11.4. The Hall–Kier alpha value is -5.50. The van der Waals surface area contributed by atoms with E-state index in [1.54, 1.807) is 21.5 Å². The highest BCUT2D eigenvalue weighted by Crippen LogP contribution is 2.47. The molecule has 5 heterocycles. The topological polar surface area (TPSA) is 159 Å². The number of carboxylic acid groups (broad SMARTS) is 4. The van der Waals surface area contributed by atoms with Crippen LogP contribution in [0.2, 0.25) is 0 Å². The van der Waals surface area contributed by atoms with Gasteiger partial charge in [-0.1, -0.05) is 12.1 Å². The third kappa shape index (κ3) is 6.51. The molecule has 0 aliphatic carbocycles. The molecule has 0 atom stereocenters. The summed E-state index contributed by atoms with van der Waals surface area (Å²) in [6, 6.07) is 22.9. The molecule has 13 heteroatoms. The van der Waals surface area contributed by atoms with Gasteiger partial charge >= 0.3 is 23.9 Å². The zero-order chi connectivity index (χ0) is 34.4. The molecule has 5 aromatic heterocycles. The van der Waals surface area contributed by atoms with Gasteiger partial charge in [0.2, 0.25) is 0 Å². The van der Waals surface area contributed by atoms with Gasteiger partial charge in [0.1, 0.15) is 13.1 Å². The second-order valence-corrected chi connectivity index (χ2v) is 14.6. The fraction of sp³-hybridized carbons (Fsp3) is 0.111. The van der Waals surface area contributed by atoms with Gasteiger partial charge in [-0.2, -0.15) is 0 Å². The van der Waals surface area contributed by atoms with Crippen LogP contribution in [-0.2, 0) is 45.1 Å². The highest BCUT2D eigenvalue weighted by atomic mass is 32.1. The molecule has 0 radical (unpaired) electrons. The summed E-state index contributed by atoms with van der Waals surface area (Å²) in [5, 5.41) is 39.7. The van der Waals surface area contributed by atoms with E-state index in [0.717, 1.165) is 62.2 Å². The van der Waals surface area contributed by atoms with Crippen molar-refractivity contribution in [1.82, 2.24) is 9.13 Å². The monoisotopic (exact) mass is 710 g/mol. The van der Waals surface area contributed by atoms with E-state index in [-0.39, 0.29) is 25.9 Å². The molecule has 0 bridgehead atoms. The van der Waals surface area contributed by atoms with Gasteiger partial charge in [-0.05, 0) is 82.9 Å². The van der Waals surface area contributed by atoms with Crippen molar-refractivity contribution < 1.29 is 39.6 Å². The fourth-order valence-corrected chi connectivity index (χ4v) is 9.65. The number of carboxylic acids is 4. The van der Waals surface area contributed by atoms with Crippen molar-refractivity contribution in [2.75, 3.05) is 0 Å². The fourth-order valence-electron chi connectivity index (χ4n) is 6.00. The van der Waals surface area contributed by atoms with Crippen LogP contribution >= 0.6 is 34.0 Å². The first-order chi connectivity index (χ1) is 23.5. The second kappa shape index (κ2) is 12.8. The molecule has 10 nitrogen and oxygen atoms in total. The van der Waals surface area contributed by atoms with Crippen molar-refractivity contribution in [2.45, 2.75) is 25.9 Å². The van der Waals surface area contributed by atoms with Crippen LogP contribution in [0.4, 0.5) is 0 Å². The number of benzene rings is 2. The lowest BCUT2D eigenvalue weighted by Gasteiger charge is -2.03. The minimum absolute atomic E-state index is 0.145. The van der Waals surface area contributed by atoms with Crippen LogP contribution in [0.5, 0.6) is 0 Å². The lowest BCUT2D eigenvalue weighted by Crippen LogP contribution is -2.06. The molecular formula is C36H26N2O8S3. The number of aliphatic carboxylic acids is 4. The lowest BCUT2D eigenvalue weighted by atomic mass is 10.1. The highest BCUT2D eigenvalue weighted by molar-refractivity contribution is 7.28. The summed E-state index contributed by atoms with van der Waals surface area (Å²) in [5.74, 6) is -3.77. The summed E-state index contributed by atoms with van der Waals surface area (Å²) < 4.78 is 3.33. The molecule has 49 heavy (non-hydrogen) atoms. The van der Waals surface area contributed by atoms with Crippen LogP contribution < -0.4 is 0 Å². The number of aromatic nitrogens is 2. The Morgan fingerprint density at radius 2 is 0.918 bits per heavy atom. The molecule has 0 saturated carbocycles. The predicted octanol–water partition coefficient (Wildman–Crippen LogP) is 7.87. The molecule has 0 unspecified atom stereocenters. The molecule has 7 rings (SSSR count). The zero-order valence-corrected chi connectivity index (χ0v) is 27.9. The van der Waals surface area contributed by atoms with E-state index in [0.29, 0.717) is 11.1 Å². The van der Waals surface area contributed by atoms with Crippen LogP contribution in [0.25, 0.3) is 62.2 Å². The quantitative estimate of drug-likeness (QED) is 0.0997. The second-order valence-electron chi connectivity index (χ2n) is 11.5. The number of thiophene rings is 3. The third-order valence-corrected chi connectivity index (χ3v) is 12.0. The number of carbonyl (C=O) groups is 4. The van der Waals surface area contributed by atoms with E-state index >= 15 is 0 Å². The summed E-state index contributed by atoms with van der Waals surface area (Å²) in [5.41, 5.74) is 4.71. The van der Waals surface area contributed by atoms with Crippen LogP contribution in [0.15, 0.2) is 85.2 Å². The smallest absolute Gasteiger partial charge is 0.323 e. The van der Waals surface area contributed by atoms with Gasteiger partial charge in [-0.15, -0.1) is 34.0 Å². The number of rotatable bonds is 12. The molecule has 4 N–H and O–H groups in total. The van der Waals surface area contributed by atoms with Crippen LogP contribution in [0.1, 0.15) is 11.1 Å². The average molecular weight is 711 g/mol. The van der Waals surface area contributed by atoms with Crippen molar-refractivity contribution in [3.05, 3.63) is 96.3 Å². The van der Waals surface area contributed by atoms with Gasteiger partial charge < -0.3 is 29.6 Å². The molecule has 7 aromatic rings. The third-order valence-electron chi connectivity index (χ3n) is 8.08. The minimum Gasteiger partial charge on any atom is -0.481 e. The van der Waals surface area contributed by atoms with E-state index < -0.39 is 23.9 Å². The summed E-state index contributed by atoms with van der Waals surface area (Å²) in [4.78, 5) is 51.4. The first-order valence-corrected chi connectivity index (χ1v) is 17.4. The van der Waals surface area contributed by atoms with Crippen molar-refractivity contribution in [3.63, 3.8) is 0 Å². The first kappa shape index (κ1) is 32.1. The lowest BCUT2D eigenvalue weighted by molar-refractivity contribution is -0.138. The van der Waals surface area contributed by atoms with Gasteiger partial charge in [0.15, 0.2) is 0 Å². The number of hydrogen-bond acceptors (Lipinski definition) is 7. The van der Waals surface area contributed by atoms with Crippen molar-refractivity contribution in [3.8, 4) is 40.4 Å². The molecule has 0 aliphatic heterocycles. The van der Waals surface area contributed by atoms with Gasteiger partial charge in [-0.3, -0.25) is 19.2 Å². The Bertz CT molecular complexity index is 2270. The Balaban J connectivity index is 1.24. The molecule has 0 amide bonds. The summed E-state index contributed by atoms with van der Waals surface area (Å²) in [7, 11) is 0. The highest BCUT2D eigenvalue weighted by Gasteiger charge is 2.21. The van der Waals surface area contributed by atoms with E-state index in [2.05, 4.69) is 0 Å².